The number of fused-ring (bicyclic) bond motifs is 1. The summed E-state index contributed by atoms with van der Waals surface area (Å²) in [7, 11) is 1.68. The van der Waals surface area contributed by atoms with E-state index >= 15 is 0 Å². The van der Waals surface area contributed by atoms with Gasteiger partial charge in [-0.2, -0.15) is 0 Å². The summed E-state index contributed by atoms with van der Waals surface area (Å²) in [5, 5.41) is 11.6. The first kappa shape index (κ1) is 14.3. The van der Waals surface area contributed by atoms with Gasteiger partial charge in [-0.3, -0.25) is 4.90 Å². The first-order chi connectivity index (χ1) is 10.3. The third-order valence-electron chi connectivity index (χ3n) is 4.08. The van der Waals surface area contributed by atoms with E-state index in [1.807, 2.05) is 12.1 Å². The fraction of sp³-hybridized carbons (Fsp3) is 0.412. The summed E-state index contributed by atoms with van der Waals surface area (Å²) in [5.41, 5.74) is 1.24. The molecule has 0 aliphatic carbocycles. The average molecular weight is 287 g/mol. The molecule has 1 heterocycles. The van der Waals surface area contributed by atoms with Gasteiger partial charge in [0.15, 0.2) is 0 Å². The number of methoxy groups -OCH3 is 1. The fourth-order valence-corrected chi connectivity index (χ4v) is 2.92. The predicted molar refractivity (Wildman–Crippen MR) is 82.7 cm³/mol. The standard InChI is InChI=1S/C17H21NO3/c1-20-16-5-4-13-10-15(3-2-14(13)11-16)17-12-21-9-7-18(17)6-8-19/h2-5,10-11,17,19H,6-9,12H2,1H3. The van der Waals surface area contributed by atoms with Crippen molar-refractivity contribution in [3.63, 3.8) is 0 Å². The van der Waals surface area contributed by atoms with E-state index in [0.29, 0.717) is 13.2 Å². The van der Waals surface area contributed by atoms with Crippen molar-refractivity contribution in [2.24, 2.45) is 0 Å². The minimum Gasteiger partial charge on any atom is -0.497 e. The highest BCUT2D eigenvalue weighted by molar-refractivity contribution is 5.84. The minimum absolute atomic E-state index is 0.182. The molecule has 2 aromatic carbocycles. The highest BCUT2D eigenvalue weighted by Crippen LogP contribution is 2.28. The van der Waals surface area contributed by atoms with Gasteiger partial charge in [0, 0.05) is 13.1 Å². The summed E-state index contributed by atoms with van der Waals surface area (Å²) in [5.74, 6) is 0.873. The molecule has 1 saturated heterocycles. The van der Waals surface area contributed by atoms with Crippen molar-refractivity contribution in [1.82, 2.24) is 4.90 Å². The van der Waals surface area contributed by atoms with E-state index in [1.54, 1.807) is 7.11 Å². The first-order valence-corrected chi connectivity index (χ1v) is 7.32. The third-order valence-corrected chi connectivity index (χ3v) is 4.08. The maximum absolute atomic E-state index is 9.22. The van der Waals surface area contributed by atoms with Crippen molar-refractivity contribution >= 4 is 10.8 Å². The smallest absolute Gasteiger partial charge is 0.119 e. The Labute approximate surface area is 124 Å². The second-order valence-electron chi connectivity index (χ2n) is 5.32. The van der Waals surface area contributed by atoms with Crippen LogP contribution in [0.1, 0.15) is 11.6 Å². The Bertz CT molecular complexity index is 612. The highest BCUT2D eigenvalue weighted by Gasteiger charge is 2.24. The fourth-order valence-electron chi connectivity index (χ4n) is 2.92. The number of β-amino-alcohol motifs (C(OH)–C–C–N with tert-alkyl or cyclic N) is 1. The van der Waals surface area contributed by atoms with Crippen LogP contribution >= 0.6 is 0 Å². The Kier molecular flexibility index (Phi) is 4.39. The van der Waals surface area contributed by atoms with Gasteiger partial charge in [0.1, 0.15) is 5.75 Å². The van der Waals surface area contributed by atoms with Gasteiger partial charge in [-0.1, -0.05) is 18.2 Å². The Morgan fingerprint density at radius 3 is 2.86 bits per heavy atom. The number of ether oxygens (including phenoxy) is 2. The van der Waals surface area contributed by atoms with Gasteiger partial charge in [0.05, 0.1) is 33.0 Å². The number of hydrogen-bond acceptors (Lipinski definition) is 4. The summed E-state index contributed by atoms with van der Waals surface area (Å²) in [6.07, 6.45) is 0. The molecule has 112 valence electrons. The Morgan fingerprint density at radius 1 is 1.24 bits per heavy atom. The summed E-state index contributed by atoms with van der Waals surface area (Å²) in [6, 6.07) is 12.8. The largest absolute Gasteiger partial charge is 0.497 e. The molecule has 1 unspecified atom stereocenters. The lowest BCUT2D eigenvalue weighted by atomic mass is 10.0. The van der Waals surface area contributed by atoms with Crippen LogP contribution in [-0.2, 0) is 4.74 Å². The summed E-state index contributed by atoms with van der Waals surface area (Å²) < 4.78 is 10.9. The van der Waals surface area contributed by atoms with Crippen LogP contribution in [0.5, 0.6) is 5.75 Å². The van der Waals surface area contributed by atoms with Crippen LogP contribution in [-0.4, -0.2) is 50.0 Å². The number of morpholine rings is 1. The Balaban J connectivity index is 1.92. The topological polar surface area (TPSA) is 41.9 Å². The number of rotatable bonds is 4. The molecular formula is C17H21NO3. The molecule has 1 N–H and O–H groups in total. The average Bonchev–Trinajstić information content (AvgIpc) is 2.55. The monoisotopic (exact) mass is 287 g/mol. The molecule has 0 aromatic heterocycles. The molecule has 2 aromatic rings. The van der Waals surface area contributed by atoms with Crippen LogP contribution in [0.3, 0.4) is 0 Å². The third kappa shape index (κ3) is 3.02. The zero-order chi connectivity index (χ0) is 14.7. The van der Waals surface area contributed by atoms with Crippen molar-refractivity contribution in [2.45, 2.75) is 6.04 Å². The molecule has 0 radical (unpaired) electrons. The summed E-state index contributed by atoms with van der Waals surface area (Å²) in [4.78, 5) is 2.29. The van der Waals surface area contributed by atoms with Crippen molar-refractivity contribution in [3.8, 4) is 5.75 Å². The number of benzene rings is 2. The second-order valence-corrected chi connectivity index (χ2v) is 5.32. The quantitative estimate of drug-likeness (QED) is 0.936. The van der Waals surface area contributed by atoms with Crippen LogP contribution in [0, 0.1) is 0 Å². The molecule has 0 saturated carbocycles. The number of aliphatic hydroxyl groups excluding tert-OH is 1. The number of hydrogen-bond donors (Lipinski definition) is 1. The van der Waals surface area contributed by atoms with Crippen LogP contribution in [0.15, 0.2) is 36.4 Å². The summed E-state index contributed by atoms with van der Waals surface area (Å²) in [6.45, 7) is 3.16. The lowest BCUT2D eigenvalue weighted by Gasteiger charge is -2.35. The maximum Gasteiger partial charge on any atom is 0.119 e. The van der Waals surface area contributed by atoms with E-state index in [0.717, 1.165) is 18.9 Å². The van der Waals surface area contributed by atoms with Crippen molar-refractivity contribution in [1.29, 1.82) is 0 Å². The van der Waals surface area contributed by atoms with Gasteiger partial charge in [0.25, 0.3) is 0 Å². The SMILES string of the molecule is COc1ccc2cc(C3COCCN3CCO)ccc2c1. The van der Waals surface area contributed by atoms with Crippen molar-refractivity contribution in [2.75, 3.05) is 40.0 Å². The summed E-state index contributed by atoms with van der Waals surface area (Å²) >= 11 is 0. The van der Waals surface area contributed by atoms with E-state index in [-0.39, 0.29) is 12.6 Å². The van der Waals surface area contributed by atoms with Gasteiger partial charge >= 0.3 is 0 Å². The molecule has 1 aliphatic heterocycles. The molecule has 4 nitrogen and oxygen atoms in total. The lowest BCUT2D eigenvalue weighted by molar-refractivity contribution is -0.0145. The maximum atomic E-state index is 9.22. The molecule has 0 amide bonds. The Morgan fingerprint density at radius 2 is 2.05 bits per heavy atom. The zero-order valence-electron chi connectivity index (χ0n) is 12.3. The highest BCUT2D eigenvalue weighted by atomic mass is 16.5. The van der Waals surface area contributed by atoms with E-state index in [9.17, 15) is 5.11 Å². The first-order valence-electron chi connectivity index (χ1n) is 7.32. The van der Waals surface area contributed by atoms with E-state index in [1.165, 1.54) is 16.3 Å². The van der Waals surface area contributed by atoms with E-state index in [4.69, 9.17) is 9.47 Å². The Hall–Kier alpha value is -1.62. The van der Waals surface area contributed by atoms with Crippen LogP contribution < -0.4 is 4.74 Å². The minimum atomic E-state index is 0.182. The normalized spacial score (nSPS) is 19.8. The molecular weight excluding hydrogens is 266 g/mol. The van der Waals surface area contributed by atoms with Crippen LogP contribution in [0.4, 0.5) is 0 Å². The molecule has 1 fully saturated rings. The molecule has 1 atom stereocenters. The zero-order valence-corrected chi connectivity index (χ0v) is 12.3. The van der Waals surface area contributed by atoms with E-state index in [2.05, 4.69) is 29.2 Å². The molecule has 0 bridgehead atoms. The van der Waals surface area contributed by atoms with E-state index < -0.39 is 0 Å². The van der Waals surface area contributed by atoms with Crippen LogP contribution in [0.2, 0.25) is 0 Å². The number of aliphatic hydroxyl groups is 1. The van der Waals surface area contributed by atoms with Gasteiger partial charge < -0.3 is 14.6 Å². The van der Waals surface area contributed by atoms with Gasteiger partial charge in [-0.25, -0.2) is 0 Å². The second kappa shape index (κ2) is 6.43. The van der Waals surface area contributed by atoms with Gasteiger partial charge in [-0.05, 0) is 34.5 Å². The predicted octanol–water partition coefficient (Wildman–Crippen LogP) is 2.21. The molecule has 1 aliphatic rings. The van der Waals surface area contributed by atoms with Crippen molar-refractivity contribution in [3.05, 3.63) is 42.0 Å². The number of nitrogens with zero attached hydrogens (tertiary/aromatic N) is 1. The molecule has 21 heavy (non-hydrogen) atoms. The van der Waals surface area contributed by atoms with Crippen LogP contribution in [0.25, 0.3) is 10.8 Å². The molecule has 4 heteroatoms. The molecule has 0 spiro atoms. The molecule has 3 rings (SSSR count). The van der Waals surface area contributed by atoms with Gasteiger partial charge in [0.2, 0.25) is 0 Å². The lowest BCUT2D eigenvalue weighted by Crippen LogP contribution is -2.40. The van der Waals surface area contributed by atoms with Crippen molar-refractivity contribution < 1.29 is 14.6 Å². The van der Waals surface area contributed by atoms with Gasteiger partial charge in [-0.15, -0.1) is 0 Å².